The van der Waals surface area contributed by atoms with Crippen LogP contribution >= 0.6 is 35.3 Å². The molecule has 0 aliphatic heterocycles. The summed E-state index contributed by atoms with van der Waals surface area (Å²) in [6.07, 6.45) is 4.04. The Morgan fingerprint density at radius 2 is 2.05 bits per heavy atom. The van der Waals surface area contributed by atoms with Gasteiger partial charge in [0.25, 0.3) is 0 Å². The fraction of sp³-hybridized carbons (Fsp3) is 0.667. The number of rotatable bonds is 5. The average molecular weight is 423 g/mol. The summed E-state index contributed by atoms with van der Waals surface area (Å²) in [5.41, 5.74) is -0.546. The van der Waals surface area contributed by atoms with Crippen LogP contribution in [0.5, 0.6) is 0 Å². The van der Waals surface area contributed by atoms with E-state index in [2.05, 4.69) is 41.6 Å². The zero-order valence-electron chi connectivity index (χ0n) is 12.8. The molecule has 0 bridgehead atoms. The molecule has 0 spiro atoms. The van der Waals surface area contributed by atoms with Gasteiger partial charge in [0.1, 0.15) is 0 Å². The van der Waals surface area contributed by atoms with Crippen molar-refractivity contribution in [3.8, 4) is 0 Å². The Kier molecular flexibility index (Phi) is 7.97. The highest BCUT2D eigenvalue weighted by Crippen LogP contribution is 2.28. The Bertz CT molecular complexity index is 456. The minimum absolute atomic E-state index is 0. The second-order valence-electron chi connectivity index (χ2n) is 5.49. The molecular weight excluding hydrogens is 397 g/mol. The topological polar surface area (TPSA) is 56.7 Å². The van der Waals surface area contributed by atoms with Crippen molar-refractivity contribution in [2.45, 2.75) is 51.7 Å². The third-order valence-electron chi connectivity index (χ3n) is 3.65. The molecule has 6 heteroatoms. The van der Waals surface area contributed by atoms with Gasteiger partial charge in [0.15, 0.2) is 5.96 Å². The first-order valence-corrected chi connectivity index (χ1v) is 8.23. The zero-order chi connectivity index (χ0) is 14.4. The lowest BCUT2D eigenvalue weighted by Gasteiger charge is -2.23. The number of thiophene rings is 1. The van der Waals surface area contributed by atoms with Crippen molar-refractivity contribution in [1.82, 2.24) is 10.6 Å². The predicted molar refractivity (Wildman–Crippen MR) is 101 cm³/mol. The van der Waals surface area contributed by atoms with Crippen molar-refractivity contribution in [2.75, 3.05) is 13.1 Å². The van der Waals surface area contributed by atoms with E-state index < -0.39 is 5.60 Å². The molecule has 3 N–H and O–H groups in total. The van der Waals surface area contributed by atoms with E-state index in [1.165, 1.54) is 9.75 Å². The first-order chi connectivity index (χ1) is 9.61. The van der Waals surface area contributed by atoms with Crippen LogP contribution in [0.15, 0.2) is 17.1 Å². The van der Waals surface area contributed by atoms with E-state index in [0.717, 1.165) is 38.2 Å². The highest BCUT2D eigenvalue weighted by molar-refractivity contribution is 14.0. The molecular formula is C15H26IN3OS. The summed E-state index contributed by atoms with van der Waals surface area (Å²) in [4.78, 5) is 7.16. The van der Waals surface area contributed by atoms with Gasteiger partial charge in [0, 0.05) is 22.8 Å². The fourth-order valence-corrected chi connectivity index (χ4v) is 3.34. The van der Waals surface area contributed by atoms with Crippen molar-refractivity contribution in [2.24, 2.45) is 4.99 Å². The van der Waals surface area contributed by atoms with Crippen molar-refractivity contribution in [1.29, 1.82) is 0 Å². The van der Waals surface area contributed by atoms with Gasteiger partial charge in [0.05, 0.1) is 12.1 Å². The predicted octanol–water partition coefficient (Wildman–Crippen LogP) is 3.03. The Balaban J connectivity index is 0.00000220. The summed E-state index contributed by atoms with van der Waals surface area (Å²) in [7, 11) is 0. The lowest BCUT2D eigenvalue weighted by Crippen LogP contribution is -2.45. The van der Waals surface area contributed by atoms with Gasteiger partial charge < -0.3 is 15.7 Å². The molecule has 21 heavy (non-hydrogen) atoms. The number of hydrogen-bond acceptors (Lipinski definition) is 3. The molecule has 0 saturated heterocycles. The van der Waals surface area contributed by atoms with Crippen LogP contribution in [0.2, 0.25) is 0 Å². The summed E-state index contributed by atoms with van der Waals surface area (Å²) in [6, 6.07) is 4.24. The molecule has 0 atom stereocenters. The van der Waals surface area contributed by atoms with Crippen LogP contribution in [-0.2, 0) is 6.54 Å². The highest BCUT2D eigenvalue weighted by Gasteiger charge is 2.30. The first-order valence-electron chi connectivity index (χ1n) is 7.41. The van der Waals surface area contributed by atoms with Crippen LogP contribution in [0.3, 0.4) is 0 Å². The number of nitrogens with zero attached hydrogens (tertiary/aromatic N) is 1. The largest absolute Gasteiger partial charge is 0.388 e. The molecule has 0 unspecified atom stereocenters. The molecule has 2 rings (SSSR count). The van der Waals surface area contributed by atoms with Gasteiger partial charge in [-0.1, -0.05) is 12.8 Å². The summed E-state index contributed by atoms with van der Waals surface area (Å²) in [6.45, 7) is 6.26. The van der Waals surface area contributed by atoms with Crippen LogP contribution in [0, 0.1) is 6.92 Å². The van der Waals surface area contributed by atoms with Gasteiger partial charge in [-0.3, -0.25) is 0 Å². The maximum atomic E-state index is 10.4. The second kappa shape index (κ2) is 8.95. The standard InChI is InChI=1S/C15H25N3OS.HI/c1-3-16-14(17-10-13-7-6-12(2)20-13)18-11-15(19)8-4-5-9-15;/h6-7,19H,3-5,8-11H2,1-2H3,(H2,16,17,18);1H. The maximum absolute atomic E-state index is 10.4. The normalized spacial score (nSPS) is 17.4. The Morgan fingerprint density at radius 3 is 2.62 bits per heavy atom. The minimum atomic E-state index is -0.546. The number of guanidine groups is 1. The van der Waals surface area contributed by atoms with Crippen LogP contribution < -0.4 is 10.6 Å². The smallest absolute Gasteiger partial charge is 0.191 e. The maximum Gasteiger partial charge on any atom is 0.191 e. The van der Waals surface area contributed by atoms with E-state index in [0.29, 0.717) is 13.1 Å². The molecule has 120 valence electrons. The third kappa shape index (κ3) is 6.12. The van der Waals surface area contributed by atoms with Crippen molar-refractivity contribution < 1.29 is 5.11 Å². The average Bonchev–Trinajstić information content (AvgIpc) is 3.03. The number of aryl methyl sites for hydroxylation is 1. The summed E-state index contributed by atoms with van der Waals surface area (Å²) >= 11 is 1.78. The van der Waals surface area contributed by atoms with Gasteiger partial charge in [-0.15, -0.1) is 35.3 Å². The summed E-state index contributed by atoms with van der Waals surface area (Å²) in [5.74, 6) is 0.791. The number of aliphatic imine (C=N–C) groups is 1. The molecule has 0 aromatic carbocycles. The van der Waals surface area contributed by atoms with Crippen LogP contribution in [0.25, 0.3) is 0 Å². The van der Waals surface area contributed by atoms with E-state index in [1.54, 1.807) is 11.3 Å². The lowest BCUT2D eigenvalue weighted by atomic mass is 10.0. The Labute approximate surface area is 148 Å². The van der Waals surface area contributed by atoms with Gasteiger partial charge in [-0.2, -0.15) is 0 Å². The van der Waals surface area contributed by atoms with E-state index in [-0.39, 0.29) is 24.0 Å². The lowest BCUT2D eigenvalue weighted by molar-refractivity contribution is 0.0522. The first kappa shape index (κ1) is 18.7. The van der Waals surface area contributed by atoms with Gasteiger partial charge >= 0.3 is 0 Å². The van der Waals surface area contributed by atoms with E-state index in [9.17, 15) is 5.11 Å². The third-order valence-corrected chi connectivity index (χ3v) is 4.64. The van der Waals surface area contributed by atoms with Crippen LogP contribution in [-0.4, -0.2) is 29.8 Å². The monoisotopic (exact) mass is 423 g/mol. The molecule has 1 heterocycles. The molecule has 1 aliphatic carbocycles. The van der Waals surface area contributed by atoms with Gasteiger partial charge in [0.2, 0.25) is 0 Å². The van der Waals surface area contributed by atoms with Gasteiger partial charge in [-0.25, -0.2) is 4.99 Å². The number of nitrogens with one attached hydrogen (secondary N) is 2. The number of aliphatic hydroxyl groups is 1. The SMILES string of the molecule is CCNC(=NCc1ccc(C)s1)NCC1(O)CCCC1.I. The van der Waals surface area contributed by atoms with Crippen molar-refractivity contribution in [3.63, 3.8) is 0 Å². The van der Waals surface area contributed by atoms with Crippen molar-refractivity contribution >= 4 is 41.3 Å². The summed E-state index contributed by atoms with van der Waals surface area (Å²) < 4.78 is 0. The molecule has 1 aromatic rings. The molecule has 1 fully saturated rings. The van der Waals surface area contributed by atoms with Crippen LogP contribution in [0.1, 0.15) is 42.4 Å². The fourth-order valence-electron chi connectivity index (χ4n) is 2.53. The van der Waals surface area contributed by atoms with Gasteiger partial charge in [-0.05, 0) is 38.8 Å². The van der Waals surface area contributed by atoms with Crippen LogP contribution in [0.4, 0.5) is 0 Å². The Morgan fingerprint density at radius 1 is 1.33 bits per heavy atom. The second-order valence-corrected chi connectivity index (χ2v) is 6.86. The number of halogens is 1. The van der Waals surface area contributed by atoms with E-state index in [4.69, 9.17) is 0 Å². The quantitative estimate of drug-likeness (QED) is 0.388. The number of hydrogen-bond donors (Lipinski definition) is 3. The minimum Gasteiger partial charge on any atom is -0.388 e. The molecule has 1 saturated carbocycles. The van der Waals surface area contributed by atoms with E-state index >= 15 is 0 Å². The van der Waals surface area contributed by atoms with Crippen molar-refractivity contribution in [3.05, 3.63) is 21.9 Å². The zero-order valence-corrected chi connectivity index (χ0v) is 16.0. The highest BCUT2D eigenvalue weighted by atomic mass is 127. The van der Waals surface area contributed by atoms with E-state index in [1.807, 2.05) is 0 Å². The summed E-state index contributed by atoms with van der Waals surface area (Å²) in [5, 5.41) is 16.9. The molecule has 0 radical (unpaired) electrons. The molecule has 0 amide bonds. The molecule has 4 nitrogen and oxygen atoms in total. The Hall–Kier alpha value is -0.340. The molecule has 1 aliphatic rings. The molecule has 1 aromatic heterocycles.